The summed E-state index contributed by atoms with van der Waals surface area (Å²) in [6, 6.07) is 3.59. The summed E-state index contributed by atoms with van der Waals surface area (Å²) >= 11 is 3.41. The number of halogens is 1. The minimum absolute atomic E-state index is 0.139. The fourth-order valence-electron chi connectivity index (χ4n) is 1.73. The molecule has 8 nitrogen and oxygen atoms in total. The van der Waals surface area contributed by atoms with Gasteiger partial charge in [-0.1, -0.05) is 0 Å². The molecule has 2 unspecified atom stereocenters. The SMILES string of the molecule is COc1cc(C(OC)C(C)N)c(OC)cc1Br.O=C(O)C(=O)O. The van der Waals surface area contributed by atoms with Crippen molar-refractivity contribution >= 4 is 27.9 Å². The third-order valence-electron chi connectivity index (χ3n) is 2.73. The number of ether oxygens (including phenoxy) is 3. The third-order valence-corrected chi connectivity index (χ3v) is 3.34. The van der Waals surface area contributed by atoms with Gasteiger partial charge in [-0.05, 0) is 35.0 Å². The monoisotopic (exact) mass is 393 g/mol. The van der Waals surface area contributed by atoms with Crippen molar-refractivity contribution in [2.24, 2.45) is 5.73 Å². The van der Waals surface area contributed by atoms with Crippen molar-refractivity contribution in [1.82, 2.24) is 0 Å². The molecule has 0 heterocycles. The van der Waals surface area contributed by atoms with Crippen LogP contribution in [0.4, 0.5) is 0 Å². The Morgan fingerprint density at radius 2 is 1.57 bits per heavy atom. The number of hydrogen-bond acceptors (Lipinski definition) is 6. The highest BCUT2D eigenvalue weighted by Crippen LogP contribution is 2.37. The van der Waals surface area contributed by atoms with E-state index >= 15 is 0 Å². The second-order valence-corrected chi connectivity index (χ2v) is 5.21. The number of carboxylic acid groups (broad SMARTS) is 2. The molecule has 0 aliphatic heterocycles. The highest BCUT2D eigenvalue weighted by Gasteiger charge is 2.21. The molecule has 0 bridgehead atoms. The van der Waals surface area contributed by atoms with Crippen LogP contribution in [0.3, 0.4) is 0 Å². The van der Waals surface area contributed by atoms with Crippen molar-refractivity contribution in [2.75, 3.05) is 21.3 Å². The number of aliphatic carboxylic acids is 2. The van der Waals surface area contributed by atoms with E-state index in [-0.39, 0.29) is 12.1 Å². The maximum Gasteiger partial charge on any atom is 0.414 e. The highest BCUT2D eigenvalue weighted by molar-refractivity contribution is 9.10. The summed E-state index contributed by atoms with van der Waals surface area (Å²) in [6.45, 7) is 1.89. The second-order valence-electron chi connectivity index (χ2n) is 4.35. The first-order chi connectivity index (χ1) is 10.7. The summed E-state index contributed by atoms with van der Waals surface area (Å²) in [5.41, 5.74) is 6.78. The summed E-state index contributed by atoms with van der Waals surface area (Å²) < 4.78 is 16.8. The van der Waals surface area contributed by atoms with Crippen LogP contribution in [-0.4, -0.2) is 49.5 Å². The molecule has 0 spiro atoms. The number of hydrogen-bond donors (Lipinski definition) is 3. The molecule has 1 aromatic rings. The molecule has 1 aromatic carbocycles. The Labute approximate surface area is 142 Å². The number of methoxy groups -OCH3 is 3. The van der Waals surface area contributed by atoms with Crippen LogP contribution in [0, 0.1) is 0 Å². The lowest BCUT2D eigenvalue weighted by Gasteiger charge is -2.22. The quantitative estimate of drug-likeness (QED) is 0.644. The average Bonchev–Trinajstić information content (AvgIpc) is 2.49. The fraction of sp³-hybridized carbons (Fsp3) is 0.429. The molecule has 0 aliphatic carbocycles. The first-order valence-electron chi connectivity index (χ1n) is 6.35. The lowest BCUT2D eigenvalue weighted by atomic mass is 10.0. The zero-order valence-electron chi connectivity index (χ0n) is 13.2. The molecular weight excluding hydrogens is 374 g/mol. The Morgan fingerprint density at radius 3 is 1.87 bits per heavy atom. The summed E-state index contributed by atoms with van der Waals surface area (Å²) in [5, 5.41) is 14.8. The van der Waals surface area contributed by atoms with Gasteiger partial charge < -0.3 is 30.2 Å². The Balaban J connectivity index is 0.000000688. The van der Waals surface area contributed by atoms with E-state index in [0.717, 1.165) is 21.5 Å². The van der Waals surface area contributed by atoms with E-state index in [2.05, 4.69) is 15.9 Å². The van der Waals surface area contributed by atoms with Crippen LogP contribution >= 0.6 is 15.9 Å². The molecule has 9 heteroatoms. The summed E-state index contributed by atoms with van der Waals surface area (Å²) in [4.78, 5) is 18.2. The summed E-state index contributed by atoms with van der Waals surface area (Å²) in [7, 11) is 4.86. The average molecular weight is 394 g/mol. The van der Waals surface area contributed by atoms with Gasteiger partial charge in [0, 0.05) is 18.7 Å². The molecule has 0 saturated heterocycles. The smallest absolute Gasteiger partial charge is 0.414 e. The summed E-state index contributed by atoms with van der Waals surface area (Å²) in [6.07, 6.45) is -0.230. The number of benzene rings is 1. The lowest BCUT2D eigenvalue weighted by Crippen LogP contribution is -2.26. The van der Waals surface area contributed by atoms with Gasteiger partial charge in [0.15, 0.2) is 0 Å². The molecule has 4 N–H and O–H groups in total. The highest BCUT2D eigenvalue weighted by atomic mass is 79.9. The Hall–Kier alpha value is -1.84. The number of carbonyl (C=O) groups is 2. The van der Waals surface area contributed by atoms with E-state index in [1.807, 2.05) is 19.1 Å². The lowest BCUT2D eigenvalue weighted by molar-refractivity contribution is -0.159. The molecule has 0 aromatic heterocycles. The van der Waals surface area contributed by atoms with Crippen LogP contribution in [0.15, 0.2) is 16.6 Å². The van der Waals surface area contributed by atoms with Gasteiger partial charge >= 0.3 is 11.9 Å². The van der Waals surface area contributed by atoms with Crippen molar-refractivity contribution in [3.05, 3.63) is 22.2 Å². The van der Waals surface area contributed by atoms with E-state index < -0.39 is 11.9 Å². The van der Waals surface area contributed by atoms with Gasteiger partial charge in [0.05, 0.1) is 18.7 Å². The van der Waals surface area contributed by atoms with Crippen molar-refractivity contribution in [3.63, 3.8) is 0 Å². The van der Waals surface area contributed by atoms with E-state index in [1.54, 1.807) is 21.3 Å². The van der Waals surface area contributed by atoms with Crippen molar-refractivity contribution in [1.29, 1.82) is 0 Å². The predicted molar refractivity (Wildman–Crippen MR) is 85.9 cm³/mol. The first-order valence-corrected chi connectivity index (χ1v) is 7.14. The zero-order chi connectivity index (χ0) is 18.2. The largest absolute Gasteiger partial charge is 0.496 e. The van der Waals surface area contributed by atoms with Gasteiger partial charge in [0.25, 0.3) is 0 Å². The van der Waals surface area contributed by atoms with Crippen LogP contribution in [0.5, 0.6) is 11.5 Å². The van der Waals surface area contributed by atoms with Crippen LogP contribution in [-0.2, 0) is 14.3 Å². The van der Waals surface area contributed by atoms with Crippen LogP contribution in [0.25, 0.3) is 0 Å². The molecule has 0 amide bonds. The maximum absolute atomic E-state index is 9.10. The molecule has 1 rings (SSSR count). The Kier molecular flexibility index (Phi) is 9.23. The van der Waals surface area contributed by atoms with Gasteiger partial charge in [-0.15, -0.1) is 0 Å². The van der Waals surface area contributed by atoms with Crippen LogP contribution < -0.4 is 15.2 Å². The molecule has 0 fully saturated rings. The van der Waals surface area contributed by atoms with Crippen molar-refractivity contribution in [2.45, 2.75) is 19.1 Å². The Bertz CT molecular complexity index is 536. The number of nitrogens with two attached hydrogens (primary N) is 1. The standard InChI is InChI=1S/C12H18BrNO3.C2H2O4/c1-7(14)12(17-4)8-5-11(16-3)9(13)6-10(8)15-2;3-1(4)2(5)6/h5-7,12H,14H2,1-4H3;(H,3,4)(H,5,6). The molecular formula is C14H20BrNO7. The Morgan fingerprint density at radius 1 is 1.09 bits per heavy atom. The molecule has 2 atom stereocenters. The summed E-state index contributed by atoms with van der Waals surface area (Å²) in [5.74, 6) is -2.20. The minimum atomic E-state index is -1.82. The predicted octanol–water partition coefficient (Wildman–Crippen LogP) is 1.66. The molecule has 0 radical (unpaired) electrons. The normalized spacial score (nSPS) is 12.4. The van der Waals surface area contributed by atoms with Gasteiger partial charge in [-0.3, -0.25) is 0 Å². The molecule has 23 heavy (non-hydrogen) atoms. The van der Waals surface area contributed by atoms with E-state index in [1.165, 1.54) is 0 Å². The number of carboxylic acids is 2. The van der Waals surface area contributed by atoms with E-state index in [0.29, 0.717) is 0 Å². The van der Waals surface area contributed by atoms with E-state index in [4.69, 9.17) is 39.7 Å². The minimum Gasteiger partial charge on any atom is -0.496 e. The number of rotatable bonds is 5. The molecule has 0 aliphatic rings. The van der Waals surface area contributed by atoms with Gasteiger partial charge in [0.1, 0.15) is 17.6 Å². The van der Waals surface area contributed by atoms with Crippen LogP contribution in [0.1, 0.15) is 18.6 Å². The van der Waals surface area contributed by atoms with Crippen LogP contribution in [0.2, 0.25) is 0 Å². The zero-order valence-corrected chi connectivity index (χ0v) is 14.8. The van der Waals surface area contributed by atoms with E-state index in [9.17, 15) is 0 Å². The van der Waals surface area contributed by atoms with Crippen molar-refractivity contribution < 1.29 is 34.0 Å². The van der Waals surface area contributed by atoms with Crippen molar-refractivity contribution in [3.8, 4) is 11.5 Å². The van der Waals surface area contributed by atoms with Gasteiger partial charge in [-0.25, -0.2) is 9.59 Å². The first kappa shape index (κ1) is 21.2. The maximum atomic E-state index is 9.10. The second kappa shape index (κ2) is 10.0. The molecule has 130 valence electrons. The topological polar surface area (TPSA) is 128 Å². The fourth-order valence-corrected chi connectivity index (χ4v) is 2.22. The van der Waals surface area contributed by atoms with Gasteiger partial charge in [-0.2, -0.15) is 0 Å². The molecule has 0 saturated carbocycles. The third kappa shape index (κ3) is 6.43. The van der Waals surface area contributed by atoms with Gasteiger partial charge in [0.2, 0.25) is 0 Å².